The molecule has 6 nitrogen and oxygen atoms in total. The Hall–Kier alpha value is -2.08. The van der Waals surface area contributed by atoms with Crippen LogP contribution in [0.15, 0.2) is 18.2 Å². The van der Waals surface area contributed by atoms with E-state index >= 15 is 0 Å². The third-order valence-corrected chi connectivity index (χ3v) is 4.05. The second-order valence-electron chi connectivity index (χ2n) is 6.68. The Kier molecular flexibility index (Phi) is 6.20. The van der Waals surface area contributed by atoms with Crippen LogP contribution in [-0.4, -0.2) is 31.0 Å². The molecule has 1 heterocycles. The number of carbonyl (C=O) groups is 2. The minimum absolute atomic E-state index is 0.00269. The zero-order valence-corrected chi connectivity index (χ0v) is 14.8. The summed E-state index contributed by atoms with van der Waals surface area (Å²) in [6.45, 7) is 8.85. The Morgan fingerprint density at radius 3 is 2.75 bits per heavy atom. The molecule has 2 atom stereocenters. The Labute approximate surface area is 143 Å². The van der Waals surface area contributed by atoms with Gasteiger partial charge >= 0.3 is 0 Å². The van der Waals surface area contributed by atoms with Gasteiger partial charge in [0.1, 0.15) is 5.75 Å². The maximum absolute atomic E-state index is 12.1. The van der Waals surface area contributed by atoms with Gasteiger partial charge in [-0.3, -0.25) is 14.9 Å². The van der Waals surface area contributed by atoms with E-state index in [1.54, 1.807) is 0 Å². The molecular weight excluding hydrogens is 306 g/mol. The molecule has 0 aliphatic carbocycles. The summed E-state index contributed by atoms with van der Waals surface area (Å²) in [5.74, 6) is 1.08. The van der Waals surface area contributed by atoms with Crippen molar-refractivity contribution in [3.05, 3.63) is 23.8 Å². The number of anilines is 1. The van der Waals surface area contributed by atoms with Crippen molar-refractivity contribution in [1.29, 1.82) is 0 Å². The van der Waals surface area contributed by atoms with E-state index in [-0.39, 0.29) is 30.5 Å². The Balaban J connectivity index is 1.92. The molecule has 2 amide bonds. The maximum atomic E-state index is 12.1. The fourth-order valence-electron chi connectivity index (χ4n) is 2.55. The van der Waals surface area contributed by atoms with Crippen LogP contribution in [0.2, 0.25) is 0 Å². The van der Waals surface area contributed by atoms with Crippen molar-refractivity contribution < 1.29 is 14.3 Å². The van der Waals surface area contributed by atoms with Crippen molar-refractivity contribution in [3.8, 4) is 5.75 Å². The standard InChI is InChI=1S/C18H27N3O3/c1-11(2)7-8-19-18(23)13(4)20-12(3)14-5-6-16-15(9-14)21-17(22)10-24-16/h5-6,9,11-13,20H,7-8,10H2,1-4H3,(H,19,23)(H,21,22)/t12-,13+/m1/s1. The fraction of sp³-hybridized carbons (Fsp3) is 0.556. The predicted octanol–water partition coefficient (Wildman–Crippen LogP) is 2.22. The summed E-state index contributed by atoms with van der Waals surface area (Å²) in [4.78, 5) is 23.5. The summed E-state index contributed by atoms with van der Waals surface area (Å²) in [5.41, 5.74) is 1.66. The minimum Gasteiger partial charge on any atom is -0.482 e. The van der Waals surface area contributed by atoms with Crippen LogP contribution in [0.1, 0.15) is 45.7 Å². The number of nitrogens with one attached hydrogen (secondary N) is 3. The molecule has 0 radical (unpaired) electrons. The number of hydrogen-bond acceptors (Lipinski definition) is 4. The quantitative estimate of drug-likeness (QED) is 0.715. The average molecular weight is 333 g/mol. The molecule has 6 heteroatoms. The minimum atomic E-state index is -0.297. The van der Waals surface area contributed by atoms with E-state index in [1.807, 2.05) is 32.0 Å². The Morgan fingerprint density at radius 1 is 1.29 bits per heavy atom. The molecule has 0 bridgehead atoms. The Morgan fingerprint density at radius 2 is 2.04 bits per heavy atom. The molecule has 1 aliphatic rings. The summed E-state index contributed by atoms with van der Waals surface area (Å²) >= 11 is 0. The number of rotatable bonds is 7. The largest absolute Gasteiger partial charge is 0.482 e. The molecule has 24 heavy (non-hydrogen) atoms. The van der Waals surface area contributed by atoms with E-state index in [2.05, 4.69) is 29.8 Å². The second-order valence-corrected chi connectivity index (χ2v) is 6.68. The molecule has 1 aliphatic heterocycles. The first-order chi connectivity index (χ1) is 11.4. The van der Waals surface area contributed by atoms with E-state index in [0.29, 0.717) is 23.9 Å². The molecule has 0 fully saturated rings. The lowest BCUT2D eigenvalue weighted by atomic mass is 10.1. The highest BCUT2D eigenvalue weighted by Crippen LogP contribution is 2.30. The molecule has 1 aromatic carbocycles. The summed E-state index contributed by atoms with van der Waals surface area (Å²) in [6, 6.07) is 5.34. The van der Waals surface area contributed by atoms with Crippen molar-refractivity contribution in [2.45, 2.75) is 46.2 Å². The van der Waals surface area contributed by atoms with Crippen molar-refractivity contribution in [1.82, 2.24) is 10.6 Å². The lowest BCUT2D eigenvalue weighted by Gasteiger charge is -2.23. The smallest absolute Gasteiger partial charge is 0.262 e. The monoisotopic (exact) mass is 333 g/mol. The molecule has 0 unspecified atom stereocenters. The van der Waals surface area contributed by atoms with Crippen LogP contribution < -0.4 is 20.7 Å². The van der Waals surface area contributed by atoms with Crippen LogP contribution in [-0.2, 0) is 9.59 Å². The number of fused-ring (bicyclic) bond motifs is 1. The number of ether oxygens (including phenoxy) is 1. The van der Waals surface area contributed by atoms with Gasteiger partial charge in [-0.1, -0.05) is 19.9 Å². The van der Waals surface area contributed by atoms with Crippen molar-refractivity contribution >= 4 is 17.5 Å². The van der Waals surface area contributed by atoms with E-state index in [9.17, 15) is 9.59 Å². The van der Waals surface area contributed by atoms with E-state index in [4.69, 9.17) is 4.74 Å². The third kappa shape index (κ3) is 4.96. The SMILES string of the molecule is CC(C)CCNC(=O)[C@H](C)N[C@H](C)c1ccc2c(c1)NC(=O)CO2. The molecular formula is C18H27N3O3. The molecule has 0 aromatic heterocycles. The van der Waals surface area contributed by atoms with Gasteiger partial charge in [-0.05, 0) is 43.9 Å². The van der Waals surface area contributed by atoms with Gasteiger partial charge in [0.15, 0.2) is 6.61 Å². The van der Waals surface area contributed by atoms with Gasteiger partial charge in [0.2, 0.25) is 5.91 Å². The van der Waals surface area contributed by atoms with Gasteiger partial charge in [0.05, 0.1) is 11.7 Å². The highest BCUT2D eigenvalue weighted by Gasteiger charge is 2.20. The molecule has 1 aromatic rings. The summed E-state index contributed by atoms with van der Waals surface area (Å²) in [7, 11) is 0. The molecule has 0 saturated heterocycles. The van der Waals surface area contributed by atoms with Gasteiger partial charge in [-0.25, -0.2) is 0 Å². The molecule has 2 rings (SSSR count). The zero-order valence-electron chi connectivity index (χ0n) is 14.8. The highest BCUT2D eigenvalue weighted by molar-refractivity contribution is 5.95. The fourth-order valence-corrected chi connectivity index (χ4v) is 2.55. The summed E-state index contributed by atoms with van der Waals surface area (Å²) in [6.07, 6.45) is 0.971. The average Bonchev–Trinajstić information content (AvgIpc) is 2.53. The van der Waals surface area contributed by atoms with Crippen molar-refractivity contribution in [2.75, 3.05) is 18.5 Å². The van der Waals surface area contributed by atoms with Crippen molar-refractivity contribution in [2.24, 2.45) is 5.92 Å². The van der Waals surface area contributed by atoms with Gasteiger partial charge in [0.25, 0.3) is 5.91 Å². The molecule has 3 N–H and O–H groups in total. The normalized spacial score (nSPS) is 16.0. The summed E-state index contributed by atoms with van der Waals surface area (Å²) in [5, 5.41) is 9.03. The number of amides is 2. The van der Waals surface area contributed by atoms with Crippen LogP contribution in [0.25, 0.3) is 0 Å². The molecule has 0 spiro atoms. The van der Waals surface area contributed by atoms with Crippen LogP contribution in [0.4, 0.5) is 5.69 Å². The van der Waals surface area contributed by atoms with Crippen molar-refractivity contribution in [3.63, 3.8) is 0 Å². The third-order valence-electron chi connectivity index (χ3n) is 4.05. The number of carbonyl (C=O) groups excluding carboxylic acids is 2. The Bertz CT molecular complexity index is 601. The number of benzene rings is 1. The zero-order chi connectivity index (χ0) is 17.7. The molecule has 0 saturated carbocycles. The van der Waals surface area contributed by atoms with Gasteiger partial charge in [0, 0.05) is 12.6 Å². The lowest BCUT2D eigenvalue weighted by molar-refractivity contribution is -0.123. The van der Waals surface area contributed by atoms with E-state index in [0.717, 1.165) is 12.0 Å². The van der Waals surface area contributed by atoms with E-state index in [1.165, 1.54) is 0 Å². The van der Waals surface area contributed by atoms with Crippen LogP contribution in [0.3, 0.4) is 0 Å². The maximum Gasteiger partial charge on any atom is 0.262 e. The number of hydrogen-bond donors (Lipinski definition) is 3. The first-order valence-electron chi connectivity index (χ1n) is 8.47. The first-order valence-corrected chi connectivity index (χ1v) is 8.47. The van der Waals surface area contributed by atoms with Gasteiger partial charge in [-0.2, -0.15) is 0 Å². The van der Waals surface area contributed by atoms with Crippen LogP contribution in [0.5, 0.6) is 5.75 Å². The summed E-state index contributed by atoms with van der Waals surface area (Å²) < 4.78 is 5.36. The van der Waals surface area contributed by atoms with Gasteiger partial charge in [-0.15, -0.1) is 0 Å². The van der Waals surface area contributed by atoms with Gasteiger partial charge < -0.3 is 15.4 Å². The molecule has 132 valence electrons. The lowest BCUT2D eigenvalue weighted by Crippen LogP contribution is -2.43. The predicted molar refractivity (Wildman–Crippen MR) is 94.0 cm³/mol. The van der Waals surface area contributed by atoms with E-state index < -0.39 is 0 Å². The van der Waals surface area contributed by atoms with Crippen LogP contribution >= 0.6 is 0 Å². The second kappa shape index (κ2) is 8.15. The highest BCUT2D eigenvalue weighted by atomic mass is 16.5. The van der Waals surface area contributed by atoms with Crippen LogP contribution in [0, 0.1) is 5.92 Å². The topological polar surface area (TPSA) is 79.5 Å². The first kappa shape index (κ1) is 18.3.